The lowest BCUT2D eigenvalue weighted by Gasteiger charge is -2.14. The molecule has 1 heterocycles. The van der Waals surface area contributed by atoms with Crippen LogP contribution in [0.3, 0.4) is 0 Å². The fourth-order valence-electron chi connectivity index (χ4n) is 1.40. The van der Waals surface area contributed by atoms with Crippen LogP contribution in [-0.2, 0) is 4.79 Å². The number of ether oxygens (including phenoxy) is 1. The highest BCUT2D eigenvalue weighted by atomic mass is 79.9. The van der Waals surface area contributed by atoms with Crippen molar-refractivity contribution < 1.29 is 9.53 Å². The molecule has 1 atom stereocenters. The van der Waals surface area contributed by atoms with Gasteiger partial charge in [0, 0.05) is 11.1 Å². The summed E-state index contributed by atoms with van der Waals surface area (Å²) < 4.78 is 6.42. The number of hydrogen-bond acceptors (Lipinski definition) is 4. The van der Waals surface area contributed by atoms with E-state index in [2.05, 4.69) is 26.2 Å². The lowest BCUT2D eigenvalue weighted by atomic mass is 10.3. The number of hydrogen-bond donors (Lipinski definition) is 1. The predicted octanol–water partition coefficient (Wildman–Crippen LogP) is 3.62. The quantitative estimate of drug-likeness (QED) is 0.924. The van der Waals surface area contributed by atoms with Gasteiger partial charge in [0.2, 0.25) is 0 Å². The van der Waals surface area contributed by atoms with Crippen LogP contribution in [0.2, 0.25) is 0 Å². The summed E-state index contributed by atoms with van der Waals surface area (Å²) in [6, 6.07) is 7.42. The van der Waals surface area contributed by atoms with Gasteiger partial charge in [-0.25, -0.2) is 4.98 Å². The summed E-state index contributed by atoms with van der Waals surface area (Å²) in [5.74, 6) is 0.422. The molecule has 0 bridgehead atoms. The molecular weight excluding hydrogens is 328 g/mol. The summed E-state index contributed by atoms with van der Waals surface area (Å²) in [7, 11) is 0. The average molecular weight is 341 g/mol. The van der Waals surface area contributed by atoms with Gasteiger partial charge in [-0.1, -0.05) is 12.1 Å². The standard InChI is InChI=1S/C13H13BrN2O2S/c1-8-7-15-13(19-8)16-12(17)9(2)18-11-6-4-3-5-10(11)14/h3-7,9H,1-2H3,(H,15,16,17)/t9-/m0/s1. The number of nitrogens with zero attached hydrogens (tertiary/aromatic N) is 1. The Balaban J connectivity index is 1.98. The first-order chi connectivity index (χ1) is 9.06. The van der Waals surface area contributed by atoms with Gasteiger partial charge in [-0.15, -0.1) is 11.3 Å². The van der Waals surface area contributed by atoms with E-state index in [1.54, 1.807) is 19.2 Å². The summed E-state index contributed by atoms with van der Waals surface area (Å²) >= 11 is 4.81. The van der Waals surface area contributed by atoms with Crippen LogP contribution < -0.4 is 10.1 Å². The van der Waals surface area contributed by atoms with E-state index in [4.69, 9.17) is 4.74 Å². The number of thiazole rings is 1. The number of halogens is 1. The van der Waals surface area contributed by atoms with Gasteiger partial charge < -0.3 is 4.74 Å². The molecule has 2 aromatic rings. The number of nitrogens with one attached hydrogen (secondary N) is 1. The van der Waals surface area contributed by atoms with Gasteiger partial charge in [0.05, 0.1) is 4.47 Å². The number of anilines is 1. The van der Waals surface area contributed by atoms with E-state index in [0.29, 0.717) is 10.9 Å². The predicted molar refractivity (Wildman–Crippen MR) is 79.7 cm³/mol. The van der Waals surface area contributed by atoms with E-state index in [1.807, 2.05) is 25.1 Å². The van der Waals surface area contributed by atoms with Crippen LogP contribution in [0, 0.1) is 6.92 Å². The van der Waals surface area contributed by atoms with Crippen molar-refractivity contribution in [2.75, 3.05) is 5.32 Å². The van der Waals surface area contributed by atoms with Crippen LogP contribution >= 0.6 is 27.3 Å². The minimum atomic E-state index is -0.595. The van der Waals surface area contributed by atoms with Crippen LogP contribution in [0.5, 0.6) is 5.75 Å². The maximum absolute atomic E-state index is 12.0. The average Bonchev–Trinajstić information content (AvgIpc) is 2.77. The molecule has 0 saturated heterocycles. The monoisotopic (exact) mass is 340 g/mol. The number of aromatic nitrogens is 1. The molecule has 0 unspecified atom stereocenters. The molecular formula is C13H13BrN2O2S. The van der Waals surface area contributed by atoms with Crippen LogP contribution in [0.1, 0.15) is 11.8 Å². The lowest BCUT2D eigenvalue weighted by molar-refractivity contribution is -0.122. The Kier molecular flexibility index (Phi) is 4.55. The number of amides is 1. The Morgan fingerprint density at radius 1 is 1.47 bits per heavy atom. The van der Waals surface area contributed by atoms with Crippen molar-refractivity contribution in [3.63, 3.8) is 0 Å². The molecule has 0 spiro atoms. The summed E-state index contributed by atoms with van der Waals surface area (Å²) in [6.07, 6.45) is 1.13. The third-order valence-electron chi connectivity index (χ3n) is 2.36. The highest BCUT2D eigenvalue weighted by Gasteiger charge is 2.17. The third kappa shape index (κ3) is 3.78. The van der Waals surface area contributed by atoms with Gasteiger partial charge in [0.25, 0.3) is 5.91 Å². The maximum Gasteiger partial charge on any atom is 0.266 e. The first-order valence-corrected chi connectivity index (χ1v) is 7.31. The molecule has 0 saturated carbocycles. The molecule has 0 aliphatic heterocycles. The molecule has 19 heavy (non-hydrogen) atoms. The molecule has 1 amide bonds. The molecule has 0 aliphatic rings. The fourth-order valence-corrected chi connectivity index (χ4v) is 2.45. The molecule has 0 radical (unpaired) electrons. The molecule has 0 fully saturated rings. The highest BCUT2D eigenvalue weighted by Crippen LogP contribution is 2.25. The van der Waals surface area contributed by atoms with Crippen molar-refractivity contribution in [3.8, 4) is 5.75 Å². The number of carbonyl (C=O) groups excluding carboxylic acids is 1. The van der Waals surface area contributed by atoms with Gasteiger partial charge in [-0.2, -0.15) is 0 Å². The zero-order valence-electron chi connectivity index (χ0n) is 10.5. The second-order valence-electron chi connectivity index (χ2n) is 3.96. The topological polar surface area (TPSA) is 51.2 Å². The number of aryl methyl sites for hydroxylation is 1. The normalized spacial score (nSPS) is 11.9. The van der Waals surface area contributed by atoms with Crippen molar-refractivity contribution in [1.82, 2.24) is 4.98 Å². The SMILES string of the molecule is Cc1cnc(NC(=O)[C@H](C)Oc2ccccc2Br)s1. The van der Waals surface area contributed by atoms with Gasteiger partial charge in [0.1, 0.15) is 5.75 Å². The molecule has 1 aromatic carbocycles. The van der Waals surface area contributed by atoms with Crippen molar-refractivity contribution in [3.05, 3.63) is 39.8 Å². The molecule has 2 rings (SSSR count). The number of carbonyl (C=O) groups is 1. The largest absolute Gasteiger partial charge is 0.480 e. The zero-order valence-corrected chi connectivity index (χ0v) is 12.9. The van der Waals surface area contributed by atoms with Gasteiger partial charge >= 0.3 is 0 Å². The zero-order chi connectivity index (χ0) is 13.8. The summed E-state index contributed by atoms with van der Waals surface area (Å²) in [4.78, 5) is 17.1. The Labute approximate surface area is 124 Å². The van der Waals surface area contributed by atoms with E-state index < -0.39 is 6.10 Å². The number of rotatable bonds is 4. The Bertz CT molecular complexity index is 586. The summed E-state index contributed by atoms with van der Waals surface area (Å²) in [5, 5.41) is 3.32. The van der Waals surface area contributed by atoms with Crippen LogP contribution in [0.25, 0.3) is 0 Å². The van der Waals surface area contributed by atoms with Crippen LogP contribution in [0.15, 0.2) is 34.9 Å². The molecule has 6 heteroatoms. The minimum absolute atomic E-state index is 0.217. The van der Waals surface area contributed by atoms with Crippen molar-refractivity contribution in [1.29, 1.82) is 0 Å². The van der Waals surface area contributed by atoms with Crippen molar-refractivity contribution in [2.24, 2.45) is 0 Å². The molecule has 4 nitrogen and oxygen atoms in total. The second-order valence-corrected chi connectivity index (χ2v) is 6.04. The Hall–Kier alpha value is -1.40. The molecule has 1 aromatic heterocycles. The first kappa shape index (κ1) is 14.0. The minimum Gasteiger partial charge on any atom is -0.480 e. The maximum atomic E-state index is 12.0. The van der Waals surface area contributed by atoms with E-state index in [1.165, 1.54) is 11.3 Å². The fraction of sp³-hybridized carbons (Fsp3) is 0.231. The van der Waals surface area contributed by atoms with Crippen LogP contribution in [0.4, 0.5) is 5.13 Å². The smallest absolute Gasteiger partial charge is 0.266 e. The third-order valence-corrected chi connectivity index (χ3v) is 3.84. The van der Waals surface area contributed by atoms with E-state index in [9.17, 15) is 4.79 Å². The van der Waals surface area contributed by atoms with Gasteiger partial charge in [-0.3, -0.25) is 10.1 Å². The lowest BCUT2D eigenvalue weighted by Crippen LogP contribution is -2.30. The second kappa shape index (κ2) is 6.16. The molecule has 0 aliphatic carbocycles. The van der Waals surface area contributed by atoms with E-state index in [0.717, 1.165) is 9.35 Å². The van der Waals surface area contributed by atoms with Gasteiger partial charge in [0.15, 0.2) is 11.2 Å². The van der Waals surface area contributed by atoms with Crippen molar-refractivity contribution in [2.45, 2.75) is 20.0 Å². The summed E-state index contributed by atoms with van der Waals surface area (Å²) in [6.45, 7) is 3.64. The first-order valence-electron chi connectivity index (χ1n) is 5.71. The Morgan fingerprint density at radius 2 is 2.21 bits per heavy atom. The van der Waals surface area contributed by atoms with Crippen molar-refractivity contribution >= 4 is 38.3 Å². The van der Waals surface area contributed by atoms with E-state index in [-0.39, 0.29) is 5.91 Å². The van der Waals surface area contributed by atoms with Crippen LogP contribution in [-0.4, -0.2) is 17.0 Å². The Morgan fingerprint density at radius 3 is 2.84 bits per heavy atom. The van der Waals surface area contributed by atoms with E-state index >= 15 is 0 Å². The molecule has 100 valence electrons. The summed E-state index contributed by atoms with van der Waals surface area (Å²) in [5.41, 5.74) is 0. The highest BCUT2D eigenvalue weighted by molar-refractivity contribution is 9.10. The van der Waals surface area contributed by atoms with Gasteiger partial charge in [-0.05, 0) is 41.9 Å². The number of benzene rings is 1. The number of para-hydroxylation sites is 1. The molecule has 1 N–H and O–H groups in total.